The maximum absolute atomic E-state index is 11.6. The zero-order valence-electron chi connectivity index (χ0n) is 9.63. The molecule has 0 aliphatic carbocycles. The highest BCUT2D eigenvalue weighted by Gasteiger charge is 2.33. The van der Waals surface area contributed by atoms with Crippen LogP contribution < -0.4 is 5.32 Å². The van der Waals surface area contributed by atoms with Gasteiger partial charge < -0.3 is 15.2 Å². The number of nitrogens with one attached hydrogen (secondary N) is 1. The van der Waals surface area contributed by atoms with E-state index in [9.17, 15) is 14.4 Å². The van der Waals surface area contributed by atoms with Crippen LogP contribution in [0.5, 0.6) is 0 Å². The first-order valence-electron chi connectivity index (χ1n) is 5.58. The van der Waals surface area contributed by atoms with Gasteiger partial charge in [0.15, 0.2) is 0 Å². The van der Waals surface area contributed by atoms with Gasteiger partial charge in [-0.3, -0.25) is 9.59 Å². The van der Waals surface area contributed by atoms with Crippen LogP contribution in [0.2, 0.25) is 0 Å². The number of nitrogens with zero attached hydrogens (tertiary/aromatic N) is 1. The van der Waals surface area contributed by atoms with Crippen LogP contribution >= 0.6 is 11.8 Å². The summed E-state index contributed by atoms with van der Waals surface area (Å²) in [5.74, 6) is -0.543. The molecule has 2 aliphatic rings. The highest BCUT2D eigenvalue weighted by Crippen LogP contribution is 2.20. The molecule has 0 aromatic rings. The van der Waals surface area contributed by atoms with Crippen molar-refractivity contribution in [1.29, 1.82) is 0 Å². The fourth-order valence-corrected chi connectivity index (χ4v) is 3.04. The van der Waals surface area contributed by atoms with Crippen LogP contribution in [0.4, 0.5) is 0 Å². The lowest BCUT2D eigenvalue weighted by molar-refractivity contribution is -0.155. The van der Waals surface area contributed by atoms with Crippen molar-refractivity contribution in [3.8, 4) is 0 Å². The normalized spacial score (nSPS) is 28.1. The third-order valence-electron chi connectivity index (χ3n) is 2.91. The molecule has 1 amide bonds. The first-order chi connectivity index (χ1) is 8.58. The van der Waals surface area contributed by atoms with Gasteiger partial charge in [0.1, 0.15) is 18.8 Å². The SMILES string of the molecule is O=C1CCC(C(=O)OCN2CSCC2C(=O)O)N1. The molecule has 8 heteroatoms. The van der Waals surface area contributed by atoms with Gasteiger partial charge in [-0.2, -0.15) is 0 Å². The van der Waals surface area contributed by atoms with Gasteiger partial charge in [-0.25, -0.2) is 9.69 Å². The number of carboxylic acids is 1. The molecule has 2 N–H and O–H groups in total. The number of esters is 1. The molecule has 100 valence electrons. The van der Waals surface area contributed by atoms with Gasteiger partial charge in [-0.1, -0.05) is 0 Å². The molecule has 2 unspecified atom stereocenters. The van der Waals surface area contributed by atoms with E-state index in [1.807, 2.05) is 0 Å². The Hall–Kier alpha value is -1.28. The maximum atomic E-state index is 11.6. The fourth-order valence-electron chi connectivity index (χ4n) is 1.87. The van der Waals surface area contributed by atoms with Crippen LogP contribution in [0, 0.1) is 0 Å². The Morgan fingerprint density at radius 3 is 2.94 bits per heavy atom. The van der Waals surface area contributed by atoms with Crippen LogP contribution in [-0.4, -0.2) is 58.3 Å². The molecule has 0 saturated carbocycles. The minimum absolute atomic E-state index is 0.0465. The molecule has 2 rings (SSSR count). The van der Waals surface area contributed by atoms with Gasteiger partial charge in [-0.15, -0.1) is 11.8 Å². The Morgan fingerprint density at radius 2 is 2.33 bits per heavy atom. The predicted molar refractivity (Wildman–Crippen MR) is 62.7 cm³/mol. The minimum Gasteiger partial charge on any atom is -0.480 e. The smallest absolute Gasteiger partial charge is 0.329 e. The highest BCUT2D eigenvalue weighted by atomic mass is 32.2. The number of carbonyl (C=O) groups is 3. The second-order valence-electron chi connectivity index (χ2n) is 4.19. The molecular formula is C10H14N2O5S. The summed E-state index contributed by atoms with van der Waals surface area (Å²) >= 11 is 1.49. The Bertz CT molecular complexity index is 375. The summed E-state index contributed by atoms with van der Waals surface area (Å²) in [5.41, 5.74) is 0. The summed E-state index contributed by atoms with van der Waals surface area (Å²) in [4.78, 5) is 35.0. The standard InChI is InChI=1S/C10H14N2O5S/c13-8-2-1-6(11-8)10(16)17-4-12-5-18-3-7(12)9(14)15/h6-7H,1-5H2,(H,11,13)(H,14,15). The maximum Gasteiger partial charge on any atom is 0.329 e. The second-order valence-corrected chi connectivity index (χ2v) is 5.19. The molecule has 0 spiro atoms. The van der Waals surface area contributed by atoms with E-state index in [0.717, 1.165) is 0 Å². The molecular weight excluding hydrogens is 260 g/mol. The van der Waals surface area contributed by atoms with Crippen molar-refractivity contribution in [1.82, 2.24) is 10.2 Å². The Morgan fingerprint density at radius 1 is 1.56 bits per heavy atom. The van der Waals surface area contributed by atoms with Gasteiger partial charge in [0.25, 0.3) is 0 Å². The zero-order valence-corrected chi connectivity index (χ0v) is 10.4. The van der Waals surface area contributed by atoms with Crippen LogP contribution in [0.25, 0.3) is 0 Å². The first-order valence-corrected chi connectivity index (χ1v) is 6.74. The van der Waals surface area contributed by atoms with Gasteiger partial charge in [0.2, 0.25) is 5.91 Å². The van der Waals surface area contributed by atoms with E-state index in [2.05, 4.69) is 5.32 Å². The first kappa shape index (κ1) is 13.2. The number of amides is 1. The molecule has 7 nitrogen and oxygen atoms in total. The quantitative estimate of drug-likeness (QED) is 0.649. The number of hydrogen-bond acceptors (Lipinski definition) is 6. The fraction of sp³-hybridized carbons (Fsp3) is 0.700. The van der Waals surface area contributed by atoms with Crippen molar-refractivity contribution in [3.05, 3.63) is 0 Å². The van der Waals surface area contributed by atoms with Crippen molar-refractivity contribution < 1.29 is 24.2 Å². The predicted octanol–water partition coefficient (Wildman–Crippen LogP) is -0.775. The average molecular weight is 274 g/mol. The van der Waals surface area contributed by atoms with Crippen LogP contribution in [0.1, 0.15) is 12.8 Å². The van der Waals surface area contributed by atoms with Crippen molar-refractivity contribution in [2.45, 2.75) is 24.9 Å². The lowest BCUT2D eigenvalue weighted by atomic mass is 10.2. The van der Waals surface area contributed by atoms with E-state index in [0.29, 0.717) is 24.5 Å². The molecule has 0 bridgehead atoms. The van der Waals surface area contributed by atoms with Crippen LogP contribution in [-0.2, 0) is 19.1 Å². The summed E-state index contributed by atoms with van der Waals surface area (Å²) in [7, 11) is 0. The summed E-state index contributed by atoms with van der Waals surface area (Å²) in [6, 6.07) is -1.20. The summed E-state index contributed by atoms with van der Waals surface area (Å²) in [6.45, 7) is -0.0465. The number of carbonyl (C=O) groups excluding carboxylic acids is 2. The topological polar surface area (TPSA) is 95.9 Å². The molecule has 0 aromatic heterocycles. The van der Waals surface area contributed by atoms with E-state index >= 15 is 0 Å². The summed E-state index contributed by atoms with van der Waals surface area (Å²) < 4.78 is 5.03. The Labute approximate surface area is 108 Å². The molecule has 2 fully saturated rings. The molecule has 2 aliphatic heterocycles. The van der Waals surface area contributed by atoms with E-state index < -0.39 is 24.0 Å². The molecule has 0 aromatic carbocycles. The van der Waals surface area contributed by atoms with E-state index in [1.165, 1.54) is 11.8 Å². The number of aliphatic carboxylic acids is 1. The Balaban J connectivity index is 1.79. The number of rotatable bonds is 4. The van der Waals surface area contributed by atoms with Gasteiger partial charge in [0.05, 0.1) is 0 Å². The number of hydrogen-bond donors (Lipinski definition) is 2. The Kier molecular flexibility index (Phi) is 4.07. The van der Waals surface area contributed by atoms with Gasteiger partial charge in [0, 0.05) is 18.1 Å². The van der Waals surface area contributed by atoms with E-state index in [1.54, 1.807) is 4.90 Å². The van der Waals surface area contributed by atoms with Crippen LogP contribution in [0.15, 0.2) is 0 Å². The summed E-state index contributed by atoms with van der Waals surface area (Å²) in [6.07, 6.45) is 0.770. The third-order valence-corrected chi connectivity index (χ3v) is 3.98. The highest BCUT2D eigenvalue weighted by molar-refractivity contribution is 7.99. The number of carboxylic acid groups (broad SMARTS) is 1. The zero-order chi connectivity index (χ0) is 13.1. The van der Waals surface area contributed by atoms with E-state index in [-0.39, 0.29) is 12.6 Å². The number of ether oxygens (including phenoxy) is 1. The monoisotopic (exact) mass is 274 g/mol. The molecule has 2 heterocycles. The second kappa shape index (κ2) is 5.57. The third kappa shape index (κ3) is 2.94. The largest absolute Gasteiger partial charge is 0.480 e. The van der Waals surface area contributed by atoms with Crippen molar-refractivity contribution in [2.24, 2.45) is 0 Å². The minimum atomic E-state index is -0.912. The molecule has 18 heavy (non-hydrogen) atoms. The molecule has 2 atom stereocenters. The lowest BCUT2D eigenvalue weighted by Crippen LogP contribution is -2.42. The average Bonchev–Trinajstić information content (AvgIpc) is 2.94. The van der Waals surface area contributed by atoms with Gasteiger partial charge in [-0.05, 0) is 6.42 Å². The van der Waals surface area contributed by atoms with Gasteiger partial charge >= 0.3 is 11.9 Å². The lowest BCUT2D eigenvalue weighted by Gasteiger charge is -2.20. The molecule has 2 saturated heterocycles. The molecule has 0 radical (unpaired) electrons. The number of thioether (sulfide) groups is 1. The van der Waals surface area contributed by atoms with Crippen molar-refractivity contribution in [3.63, 3.8) is 0 Å². The van der Waals surface area contributed by atoms with Crippen LogP contribution in [0.3, 0.4) is 0 Å². The van der Waals surface area contributed by atoms with Crippen molar-refractivity contribution >= 4 is 29.6 Å². The van der Waals surface area contributed by atoms with Crippen molar-refractivity contribution in [2.75, 3.05) is 18.4 Å². The van der Waals surface area contributed by atoms with E-state index in [4.69, 9.17) is 9.84 Å². The summed E-state index contributed by atoms with van der Waals surface area (Å²) in [5, 5.41) is 11.5.